The van der Waals surface area contributed by atoms with Crippen LogP contribution in [0.5, 0.6) is 5.75 Å². The fourth-order valence-electron chi connectivity index (χ4n) is 3.76. The molecule has 1 aromatic rings. The molecular weight excluding hydrogens is 304 g/mol. The van der Waals surface area contributed by atoms with E-state index < -0.39 is 0 Å². The molecule has 24 heavy (non-hydrogen) atoms. The lowest BCUT2D eigenvalue weighted by atomic mass is 9.99. The number of carbonyl (C=O) groups excluding carboxylic acids is 1. The number of rotatable bonds is 6. The Morgan fingerprint density at radius 1 is 1.17 bits per heavy atom. The number of amides is 1. The highest BCUT2D eigenvalue weighted by atomic mass is 16.5. The molecule has 4 atom stereocenters. The van der Waals surface area contributed by atoms with E-state index in [4.69, 9.17) is 9.47 Å². The maximum atomic E-state index is 12.2. The molecule has 5 heteroatoms. The minimum atomic E-state index is 0.220. The number of benzene rings is 1. The first kappa shape index (κ1) is 17.2. The van der Waals surface area contributed by atoms with Crippen LogP contribution in [0.1, 0.15) is 33.1 Å². The summed E-state index contributed by atoms with van der Waals surface area (Å²) < 4.78 is 11.5. The summed E-state index contributed by atoms with van der Waals surface area (Å²) >= 11 is 0. The van der Waals surface area contributed by atoms with Crippen LogP contribution in [0.15, 0.2) is 30.3 Å². The van der Waals surface area contributed by atoms with Crippen LogP contribution in [0.4, 0.5) is 0 Å². The zero-order valence-electron chi connectivity index (χ0n) is 14.6. The monoisotopic (exact) mass is 332 g/mol. The molecule has 0 aliphatic carbocycles. The normalized spacial score (nSPS) is 30.6. The van der Waals surface area contributed by atoms with Crippen LogP contribution in [-0.4, -0.2) is 54.8 Å². The SMILES string of the molecule is C[C@@H]1CC(N[C@@H]2CC(=O)N(CCOc3ccccc3)C2)C[C@H](C)O1. The Morgan fingerprint density at radius 3 is 2.58 bits per heavy atom. The summed E-state index contributed by atoms with van der Waals surface area (Å²) in [4.78, 5) is 14.1. The van der Waals surface area contributed by atoms with Crippen LogP contribution < -0.4 is 10.1 Å². The molecule has 0 saturated carbocycles. The summed E-state index contributed by atoms with van der Waals surface area (Å²) in [7, 11) is 0. The van der Waals surface area contributed by atoms with Gasteiger partial charge in [0.1, 0.15) is 12.4 Å². The number of para-hydroxylation sites is 1. The molecule has 3 rings (SSSR count). The minimum Gasteiger partial charge on any atom is -0.492 e. The summed E-state index contributed by atoms with van der Waals surface area (Å²) in [5.74, 6) is 1.07. The van der Waals surface area contributed by atoms with E-state index in [2.05, 4.69) is 19.2 Å². The second kappa shape index (κ2) is 7.99. The van der Waals surface area contributed by atoms with Crippen molar-refractivity contribution in [3.63, 3.8) is 0 Å². The zero-order chi connectivity index (χ0) is 16.9. The number of nitrogens with one attached hydrogen (secondary N) is 1. The lowest BCUT2D eigenvalue weighted by molar-refractivity contribution is -0.128. The Labute approximate surface area is 144 Å². The molecule has 2 fully saturated rings. The van der Waals surface area contributed by atoms with E-state index in [9.17, 15) is 4.79 Å². The largest absolute Gasteiger partial charge is 0.492 e. The van der Waals surface area contributed by atoms with Crippen molar-refractivity contribution >= 4 is 5.91 Å². The molecule has 2 saturated heterocycles. The number of likely N-dealkylation sites (tertiary alicyclic amines) is 1. The lowest BCUT2D eigenvalue weighted by Gasteiger charge is -2.34. The van der Waals surface area contributed by atoms with Crippen molar-refractivity contribution in [2.75, 3.05) is 19.7 Å². The van der Waals surface area contributed by atoms with Gasteiger partial charge >= 0.3 is 0 Å². The predicted molar refractivity (Wildman–Crippen MR) is 93.1 cm³/mol. The smallest absolute Gasteiger partial charge is 0.224 e. The highest BCUT2D eigenvalue weighted by molar-refractivity contribution is 5.79. The van der Waals surface area contributed by atoms with Gasteiger partial charge in [-0.3, -0.25) is 4.79 Å². The van der Waals surface area contributed by atoms with Crippen molar-refractivity contribution in [3.05, 3.63) is 30.3 Å². The van der Waals surface area contributed by atoms with Crippen molar-refractivity contribution in [1.82, 2.24) is 10.2 Å². The molecule has 1 N–H and O–H groups in total. The third kappa shape index (κ3) is 4.71. The standard InChI is InChI=1S/C19H28N2O3/c1-14-10-16(11-15(2)24-14)20-17-12-19(22)21(13-17)8-9-23-18-6-4-3-5-7-18/h3-7,14-17,20H,8-13H2,1-2H3/t14-,15+,16?,17-/m1/s1. The van der Waals surface area contributed by atoms with Gasteiger partial charge in [0, 0.05) is 25.0 Å². The Bertz CT molecular complexity index is 527. The van der Waals surface area contributed by atoms with Crippen molar-refractivity contribution in [2.24, 2.45) is 0 Å². The van der Waals surface area contributed by atoms with Gasteiger partial charge in [0.25, 0.3) is 0 Å². The topological polar surface area (TPSA) is 50.8 Å². The number of ether oxygens (including phenoxy) is 2. The van der Waals surface area contributed by atoms with Crippen LogP contribution >= 0.6 is 0 Å². The lowest BCUT2D eigenvalue weighted by Crippen LogP contribution is -2.46. The van der Waals surface area contributed by atoms with E-state index >= 15 is 0 Å². The summed E-state index contributed by atoms with van der Waals surface area (Å²) in [6.45, 7) is 6.20. The van der Waals surface area contributed by atoms with Gasteiger partial charge < -0.3 is 19.7 Å². The predicted octanol–water partition coefficient (Wildman–Crippen LogP) is 2.21. The van der Waals surface area contributed by atoms with Gasteiger partial charge in [0.2, 0.25) is 5.91 Å². The molecule has 0 bridgehead atoms. The summed E-state index contributed by atoms with van der Waals surface area (Å²) in [5, 5.41) is 3.66. The summed E-state index contributed by atoms with van der Waals surface area (Å²) in [6.07, 6.45) is 3.21. The number of hydrogen-bond donors (Lipinski definition) is 1. The fraction of sp³-hybridized carbons (Fsp3) is 0.632. The van der Waals surface area contributed by atoms with E-state index in [1.165, 1.54) is 0 Å². The maximum absolute atomic E-state index is 12.2. The van der Waals surface area contributed by atoms with Crippen molar-refractivity contribution < 1.29 is 14.3 Å². The average molecular weight is 332 g/mol. The summed E-state index contributed by atoms with van der Waals surface area (Å²) in [5.41, 5.74) is 0. The minimum absolute atomic E-state index is 0.220. The second-order valence-electron chi connectivity index (χ2n) is 6.99. The molecule has 0 aromatic heterocycles. The molecule has 1 unspecified atom stereocenters. The van der Waals surface area contributed by atoms with Gasteiger partial charge in [-0.15, -0.1) is 0 Å². The third-order valence-corrected chi connectivity index (χ3v) is 4.76. The van der Waals surface area contributed by atoms with Crippen molar-refractivity contribution in [1.29, 1.82) is 0 Å². The average Bonchev–Trinajstić information content (AvgIpc) is 2.87. The Balaban J connectivity index is 1.42. The molecular formula is C19H28N2O3. The first-order chi connectivity index (χ1) is 11.6. The van der Waals surface area contributed by atoms with Gasteiger partial charge in [0.05, 0.1) is 18.8 Å². The highest BCUT2D eigenvalue weighted by Crippen LogP contribution is 2.21. The molecule has 2 heterocycles. The third-order valence-electron chi connectivity index (χ3n) is 4.76. The number of nitrogens with zero attached hydrogens (tertiary/aromatic N) is 1. The molecule has 2 aliphatic rings. The van der Waals surface area contributed by atoms with Gasteiger partial charge in [-0.1, -0.05) is 18.2 Å². The quantitative estimate of drug-likeness (QED) is 0.868. The molecule has 0 radical (unpaired) electrons. The Morgan fingerprint density at radius 2 is 1.88 bits per heavy atom. The molecule has 1 amide bonds. The second-order valence-corrected chi connectivity index (χ2v) is 6.99. The van der Waals surface area contributed by atoms with E-state index in [0.29, 0.717) is 37.8 Å². The van der Waals surface area contributed by atoms with Gasteiger partial charge in [-0.25, -0.2) is 0 Å². The first-order valence-corrected chi connectivity index (χ1v) is 8.97. The maximum Gasteiger partial charge on any atom is 0.224 e. The van der Waals surface area contributed by atoms with Gasteiger partial charge in [0.15, 0.2) is 0 Å². The van der Waals surface area contributed by atoms with E-state index in [1.807, 2.05) is 35.2 Å². The van der Waals surface area contributed by atoms with Crippen molar-refractivity contribution in [2.45, 2.75) is 57.4 Å². The van der Waals surface area contributed by atoms with Crippen LogP contribution in [0, 0.1) is 0 Å². The van der Waals surface area contributed by atoms with Crippen LogP contribution in [0.25, 0.3) is 0 Å². The van der Waals surface area contributed by atoms with Gasteiger partial charge in [-0.05, 0) is 38.8 Å². The molecule has 0 spiro atoms. The number of hydrogen-bond acceptors (Lipinski definition) is 4. The molecule has 1 aromatic carbocycles. The van der Waals surface area contributed by atoms with E-state index in [-0.39, 0.29) is 11.9 Å². The highest BCUT2D eigenvalue weighted by Gasteiger charge is 2.33. The van der Waals surface area contributed by atoms with Crippen molar-refractivity contribution in [3.8, 4) is 5.75 Å². The van der Waals surface area contributed by atoms with Crippen LogP contribution in [0.3, 0.4) is 0 Å². The molecule has 132 valence electrons. The van der Waals surface area contributed by atoms with Crippen LogP contribution in [0.2, 0.25) is 0 Å². The zero-order valence-corrected chi connectivity index (χ0v) is 14.6. The van der Waals surface area contributed by atoms with E-state index in [1.54, 1.807) is 0 Å². The number of carbonyl (C=O) groups is 1. The molecule has 2 aliphatic heterocycles. The van der Waals surface area contributed by atoms with Crippen LogP contribution in [-0.2, 0) is 9.53 Å². The fourth-order valence-corrected chi connectivity index (χ4v) is 3.76. The Kier molecular flexibility index (Phi) is 5.74. The molecule has 5 nitrogen and oxygen atoms in total. The summed E-state index contributed by atoms with van der Waals surface area (Å²) in [6, 6.07) is 10.4. The van der Waals surface area contributed by atoms with Gasteiger partial charge in [-0.2, -0.15) is 0 Å². The Hall–Kier alpha value is -1.59. The first-order valence-electron chi connectivity index (χ1n) is 8.97. The van der Waals surface area contributed by atoms with E-state index in [0.717, 1.165) is 25.1 Å².